The summed E-state index contributed by atoms with van der Waals surface area (Å²) < 4.78 is 0. The third-order valence-electron chi connectivity index (χ3n) is 4.90. The van der Waals surface area contributed by atoms with Crippen molar-refractivity contribution in [2.24, 2.45) is 5.92 Å². The Labute approximate surface area is 117 Å². The van der Waals surface area contributed by atoms with E-state index in [1.807, 2.05) is 0 Å². The molecule has 1 aliphatic carbocycles. The quantitative estimate of drug-likeness (QED) is 0.893. The summed E-state index contributed by atoms with van der Waals surface area (Å²) in [4.78, 5) is 2.71. The van der Waals surface area contributed by atoms with E-state index in [9.17, 15) is 0 Å². The summed E-state index contributed by atoms with van der Waals surface area (Å²) in [7, 11) is 0. The van der Waals surface area contributed by atoms with Crippen molar-refractivity contribution >= 4 is 0 Å². The van der Waals surface area contributed by atoms with Gasteiger partial charge in [0.15, 0.2) is 0 Å². The average molecular weight is 258 g/mol. The van der Waals surface area contributed by atoms with Crippen LogP contribution in [0.25, 0.3) is 0 Å². The van der Waals surface area contributed by atoms with Crippen molar-refractivity contribution in [1.82, 2.24) is 10.2 Å². The topological polar surface area (TPSA) is 15.3 Å². The molecule has 0 spiro atoms. The van der Waals surface area contributed by atoms with Gasteiger partial charge >= 0.3 is 0 Å². The van der Waals surface area contributed by atoms with Crippen molar-refractivity contribution in [3.8, 4) is 0 Å². The van der Waals surface area contributed by atoms with Crippen LogP contribution in [0.4, 0.5) is 0 Å². The highest BCUT2D eigenvalue weighted by molar-refractivity contribution is 5.25. The lowest BCUT2D eigenvalue weighted by Gasteiger charge is -2.48. The summed E-state index contributed by atoms with van der Waals surface area (Å²) in [5.74, 6) is 0.944. The molecular formula is C17H26N2. The van der Waals surface area contributed by atoms with Gasteiger partial charge in [0, 0.05) is 19.1 Å². The molecule has 0 aromatic heterocycles. The number of hydrogen-bond acceptors (Lipinski definition) is 2. The molecule has 19 heavy (non-hydrogen) atoms. The van der Waals surface area contributed by atoms with Crippen LogP contribution in [0.3, 0.4) is 0 Å². The third-order valence-corrected chi connectivity index (χ3v) is 4.90. The highest BCUT2D eigenvalue weighted by atomic mass is 15.3. The highest BCUT2D eigenvalue weighted by Gasteiger charge is 2.42. The highest BCUT2D eigenvalue weighted by Crippen LogP contribution is 2.38. The number of nitrogens with one attached hydrogen (secondary N) is 1. The molecular weight excluding hydrogens is 232 g/mol. The molecule has 1 heterocycles. The molecule has 2 atom stereocenters. The Morgan fingerprint density at radius 2 is 2.00 bits per heavy atom. The van der Waals surface area contributed by atoms with Crippen LogP contribution in [-0.2, 0) is 5.54 Å². The van der Waals surface area contributed by atoms with Crippen molar-refractivity contribution in [2.75, 3.05) is 19.6 Å². The fourth-order valence-corrected chi connectivity index (χ4v) is 3.45. The molecule has 2 aliphatic rings. The van der Waals surface area contributed by atoms with Gasteiger partial charge in [-0.05, 0) is 44.2 Å². The summed E-state index contributed by atoms with van der Waals surface area (Å²) in [6.45, 7) is 8.19. The van der Waals surface area contributed by atoms with Crippen molar-refractivity contribution in [1.29, 1.82) is 0 Å². The summed E-state index contributed by atoms with van der Waals surface area (Å²) in [5.41, 5.74) is 1.60. The Balaban J connectivity index is 1.82. The number of nitrogens with zero attached hydrogens (tertiary/aromatic N) is 1. The maximum absolute atomic E-state index is 3.82. The first-order valence-corrected chi connectivity index (χ1v) is 7.78. The van der Waals surface area contributed by atoms with Gasteiger partial charge in [0.25, 0.3) is 0 Å². The first-order chi connectivity index (χ1) is 9.24. The van der Waals surface area contributed by atoms with Gasteiger partial charge in [-0.25, -0.2) is 0 Å². The Kier molecular flexibility index (Phi) is 3.64. The summed E-state index contributed by atoms with van der Waals surface area (Å²) in [6, 6.07) is 11.7. The van der Waals surface area contributed by atoms with Crippen LogP contribution < -0.4 is 5.32 Å². The summed E-state index contributed by atoms with van der Waals surface area (Å²) in [5, 5.41) is 3.82. The smallest absolute Gasteiger partial charge is 0.0558 e. The van der Waals surface area contributed by atoms with Crippen LogP contribution in [0.5, 0.6) is 0 Å². The lowest BCUT2D eigenvalue weighted by Crippen LogP contribution is -2.62. The fourth-order valence-electron chi connectivity index (χ4n) is 3.45. The molecule has 1 saturated carbocycles. The van der Waals surface area contributed by atoms with E-state index in [-0.39, 0.29) is 5.54 Å². The molecule has 2 heteroatoms. The zero-order valence-corrected chi connectivity index (χ0v) is 12.2. The Bertz CT molecular complexity index is 413. The molecule has 2 unspecified atom stereocenters. The van der Waals surface area contributed by atoms with Crippen molar-refractivity contribution < 1.29 is 0 Å². The molecule has 0 bridgehead atoms. The lowest BCUT2D eigenvalue weighted by molar-refractivity contribution is 0.0447. The van der Waals surface area contributed by atoms with E-state index in [1.54, 1.807) is 0 Å². The fraction of sp³-hybridized carbons (Fsp3) is 0.647. The zero-order valence-electron chi connectivity index (χ0n) is 12.2. The van der Waals surface area contributed by atoms with Gasteiger partial charge in [-0.1, -0.05) is 37.3 Å². The minimum Gasteiger partial charge on any atom is -0.310 e. The van der Waals surface area contributed by atoms with E-state index < -0.39 is 0 Å². The first kappa shape index (κ1) is 13.1. The molecule has 0 amide bonds. The van der Waals surface area contributed by atoms with Crippen LogP contribution in [0.15, 0.2) is 30.3 Å². The van der Waals surface area contributed by atoms with E-state index in [1.165, 1.54) is 37.9 Å². The zero-order chi connectivity index (χ0) is 13.3. The molecule has 2 fully saturated rings. The van der Waals surface area contributed by atoms with Gasteiger partial charge < -0.3 is 5.32 Å². The predicted molar refractivity (Wildman–Crippen MR) is 80.2 cm³/mol. The minimum absolute atomic E-state index is 0.155. The number of benzene rings is 1. The predicted octanol–water partition coefficient (Wildman–Crippen LogP) is 3.00. The van der Waals surface area contributed by atoms with Gasteiger partial charge in [0.05, 0.1) is 5.54 Å². The third kappa shape index (κ3) is 2.56. The van der Waals surface area contributed by atoms with Crippen LogP contribution in [0.1, 0.15) is 38.7 Å². The monoisotopic (exact) mass is 258 g/mol. The normalized spacial score (nSPS) is 32.4. The SMILES string of the molecule is CCCN1CC(C2CC2)NCC1(C)c1ccccc1. The average Bonchev–Trinajstić information content (AvgIpc) is 3.27. The largest absolute Gasteiger partial charge is 0.310 e. The molecule has 0 radical (unpaired) electrons. The van der Waals surface area contributed by atoms with E-state index in [0.29, 0.717) is 0 Å². The van der Waals surface area contributed by atoms with E-state index in [4.69, 9.17) is 0 Å². The molecule has 1 N–H and O–H groups in total. The second-order valence-electron chi connectivity index (χ2n) is 6.41. The van der Waals surface area contributed by atoms with Crippen molar-refractivity contribution in [2.45, 2.75) is 44.7 Å². The van der Waals surface area contributed by atoms with Gasteiger partial charge in [-0.15, -0.1) is 0 Å². The maximum Gasteiger partial charge on any atom is 0.0558 e. The minimum atomic E-state index is 0.155. The molecule has 1 saturated heterocycles. The number of rotatable bonds is 4. The van der Waals surface area contributed by atoms with Crippen molar-refractivity contribution in [3.63, 3.8) is 0 Å². The standard InChI is InChI=1S/C17H26N2/c1-3-11-19-12-16(14-9-10-14)18-13-17(19,2)15-7-5-4-6-8-15/h4-8,14,16,18H,3,9-13H2,1-2H3. The lowest BCUT2D eigenvalue weighted by atomic mass is 9.86. The second-order valence-corrected chi connectivity index (χ2v) is 6.41. The summed E-state index contributed by atoms with van der Waals surface area (Å²) >= 11 is 0. The van der Waals surface area contributed by atoms with Crippen LogP contribution in [-0.4, -0.2) is 30.6 Å². The Morgan fingerprint density at radius 1 is 1.26 bits per heavy atom. The van der Waals surface area contributed by atoms with E-state index >= 15 is 0 Å². The second kappa shape index (κ2) is 5.26. The molecule has 3 rings (SSSR count). The maximum atomic E-state index is 3.82. The van der Waals surface area contributed by atoms with Crippen LogP contribution >= 0.6 is 0 Å². The van der Waals surface area contributed by atoms with Gasteiger partial charge in [-0.3, -0.25) is 4.90 Å². The molecule has 2 nitrogen and oxygen atoms in total. The molecule has 104 valence electrons. The Hall–Kier alpha value is -0.860. The Morgan fingerprint density at radius 3 is 2.63 bits per heavy atom. The summed E-state index contributed by atoms with van der Waals surface area (Å²) in [6.07, 6.45) is 4.10. The molecule has 1 aromatic rings. The molecule has 1 aliphatic heterocycles. The first-order valence-electron chi connectivity index (χ1n) is 7.78. The number of piperazine rings is 1. The van der Waals surface area contributed by atoms with E-state index in [0.717, 1.165) is 18.5 Å². The van der Waals surface area contributed by atoms with Gasteiger partial charge in [0.1, 0.15) is 0 Å². The van der Waals surface area contributed by atoms with Crippen LogP contribution in [0.2, 0.25) is 0 Å². The van der Waals surface area contributed by atoms with Gasteiger partial charge in [0.2, 0.25) is 0 Å². The van der Waals surface area contributed by atoms with E-state index in [2.05, 4.69) is 54.4 Å². The van der Waals surface area contributed by atoms with Gasteiger partial charge in [-0.2, -0.15) is 0 Å². The van der Waals surface area contributed by atoms with Crippen LogP contribution in [0, 0.1) is 5.92 Å². The number of hydrogen-bond donors (Lipinski definition) is 1. The van der Waals surface area contributed by atoms with Crippen molar-refractivity contribution in [3.05, 3.63) is 35.9 Å². The molecule has 1 aromatic carbocycles.